The summed E-state index contributed by atoms with van der Waals surface area (Å²) in [5.41, 5.74) is 2.40. The summed E-state index contributed by atoms with van der Waals surface area (Å²) in [6.45, 7) is 2.19. The van der Waals surface area contributed by atoms with Gasteiger partial charge in [0.2, 0.25) is 0 Å². The van der Waals surface area contributed by atoms with Gasteiger partial charge in [-0.05, 0) is 24.1 Å². The smallest absolute Gasteiger partial charge is 0.135 e. The van der Waals surface area contributed by atoms with Gasteiger partial charge in [0.05, 0.1) is 0 Å². The lowest BCUT2D eigenvalue weighted by atomic mass is 10.1. The van der Waals surface area contributed by atoms with Crippen LogP contribution >= 0.6 is 0 Å². The fourth-order valence-electron chi connectivity index (χ4n) is 1.75. The maximum absolute atomic E-state index is 4.18. The van der Waals surface area contributed by atoms with Crippen molar-refractivity contribution in [3.8, 4) is 0 Å². The number of hydrogen-bond acceptors (Lipinski definition) is 4. The molecule has 0 saturated heterocycles. The molecule has 0 fully saturated rings. The highest BCUT2D eigenvalue weighted by Crippen LogP contribution is 2.17. The average Bonchev–Trinajstić information content (AvgIpc) is 2.42. The Morgan fingerprint density at radius 1 is 1.06 bits per heavy atom. The van der Waals surface area contributed by atoms with Gasteiger partial charge in [-0.15, -0.1) is 0 Å². The van der Waals surface area contributed by atoms with Crippen molar-refractivity contribution in [1.29, 1.82) is 0 Å². The molecule has 0 amide bonds. The second kappa shape index (κ2) is 6.00. The zero-order valence-corrected chi connectivity index (χ0v) is 10.8. The number of nitrogens with one attached hydrogen (secondary N) is 2. The van der Waals surface area contributed by atoms with Gasteiger partial charge in [0.15, 0.2) is 0 Å². The van der Waals surface area contributed by atoms with Crippen LogP contribution < -0.4 is 10.6 Å². The molecule has 0 bridgehead atoms. The standard InChI is InChI=1S/C14H18N4/c1-3-4-11-5-7-12(8-6-11)18-14-9-13(15-2)16-10-17-14/h5-10H,3-4H2,1-2H3,(H2,15,16,17,18). The van der Waals surface area contributed by atoms with Crippen molar-refractivity contribution in [2.75, 3.05) is 17.7 Å². The van der Waals surface area contributed by atoms with Crippen LogP contribution in [0.4, 0.5) is 17.3 Å². The van der Waals surface area contributed by atoms with Gasteiger partial charge in [-0.1, -0.05) is 25.5 Å². The molecule has 4 nitrogen and oxygen atoms in total. The van der Waals surface area contributed by atoms with E-state index in [2.05, 4.69) is 51.8 Å². The third-order valence-corrected chi connectivity index (χ3v) is 2.69. The number of nitrogens with zero attached hydrogens (tertiary/aromatic N) is 2. The second-order valence-corrected chi connectivity index (χ2v) is 4.11. The van der Waals surface area contributed by atoms with Crippen LogP contribution in [-0.2, 0) is 6.42 Å². The van der Waals surface area contributed by atoms with Crippen LogP contribution in [0.1, 0.15) is 18.9 Å². The Bertz CT molecular complexity index is 493. The number of aromatic nitrogens is 2. The summed E-state index contributed by atoms with van der Waals surface area (Å²) < 4.78 is 0. The molecule has 2 rings (SSSR count). The molecular weight excluding hydrogens is 224 g/mol. The van der Waals surface area contributed by atoms with Crippen molar-refractivity contribution in [2.45, 2.75) is 19.8 Å². The summed E-state index contributed by atoms with van der Waals surface area (Å²) in [5, 5.41) is 6.24. The molecule has 2 N–H and O–H groups in total. The number of aryl methyl sites for hydroxylation is 1. The van der Waals surface area contributed by atoms with E-state index in [4.69, 9.17) is 0 Å². The highest BCUT2D eigenvalue weighted by atomic mass is 15.1. The Labute approximate surface area is 107 Å². The van der Waals surface area contributed by atoms with Crippen LogP contribution in [0.3, 0.4) is 0 Å². The van der Waals surface area contributed by atoms with E-state index < -0.39 is 0 Å². The molecule has 4 heteroatoms. The molecule has 0 spiro atoms. The molecule has 1 aromatic carbocycles. The van der Waals surface area contributed by atoms with Crippen LogP contribution in [-0.4, -0.2) is 17.0 Å². The summed E-state index contributed by atoms with van der Waals surface area (Å²) in [6, 6.07) is 10.3. The maximum Gasteiger partial charge on any atom is 0.135 e. The number of benzene rings is 1. The van der Waals surface area contributed by atoms with Crippen molar-refractivity contribution in [2.24, 2.45) is 0 Å². The Hall–Kier alpha value is -2.10. The van der Waals surface area contributed by atoms with E-state index in [-0.39, 0.29) is 0 Å². The molecule has 0 radical (unpaired) electrons. The van der Waals surface area contributed by atoms with Gasteiger partial charge in [0.25, 0.3) is 0 Å². The lowest BCUT2D eigenvalue weighted by Crippen LogP contribution is -1.98. The minimum Gasteiger partial charge on any atom is -0.373 e. The lowest BCUT2D eigenvalue weighted by Gasteiger charge is -2.07. The molecule has 2 aromatic rings. The predicted molar refractivity (Wildman–Crippen MR) is 75.3 cm³/mol. The third-order valence-electron chi connectivity index (χ3n) is 2.69. The van der Waals surface area contributed by atoms with Gasteiger partial charge in [-0.2, -0.15) is 0 Å². The number of rotatable bonds is 5. The second-order valence-electron chi connectivity index (χ2n) is 4.11. The van der Waals surface area contributed by atoms with E-state index in [9.17, 15) is 0 Å². The van der Waals surface area contributed by atoms with E-state index in [0.717, 1.165) is 23.7 Å². The third kappa shape index (κ3) is 3.20. The molecule has 0 aliphatic carbocycles. The molecule has 1 heterocycles. The summed E-state index contributed by atoms with van der Waals surface area (Å²) in [4.78, 5) is 8.25. The van der Waals surface area contributed by atoms with Gasteiger partial charge in [0, 0.05) is 18.8 Å². The highest BCUT2D eigenvalue weighted by Gasteiger charge is 1.98. The molecular formula is C14H18N4. The zero-order chi connectivity index (χ0) is 12.8. The molecule has 1 aromatic heterocycles. The summed E-state index contributed by atoms with van der Waals surface area (Å²) >= 11 is 0. The fourth-order valence-corrected chi connectivity index (χ4v) is 1.75. The number of anilines is 3. The van der Waals surface area contributed by atoms with Gasteiger partial charge in [-0.25, -0.2) is 9.97 Å². The molecule has 0 aliphatic rings. The van der Waals surface area contributed by atoms with E-state index in [1.54, 1.807) is 6.33 Å². The normalized spacial score (nSPS) is 10.1. The van der Waals surface area contributed by atoms with Crippen LogP contribution in [0.2, 0.25) is 0 Å². The van der Waals surface area contributed by atoms with E-state index >= 15 is 0 Å². The first-order valence-corrected chi connectivity index (χ1v) is 6.17. The molecule has 94 valence electrons. The molecule has 0 aliphatic heterocycles. The van der Waals surface area contributed by atoms with Crippen molar-refractivity contribution in [3.05, 3.63) is 42.2 Å². The Kier molecular flexibility index (Phi) is 4.12. The monoisotopic (exact) mass is 242 g/mol. The molecule has 18 heavy (non-hydrogen) atoms. The first-order chi connectivity index (χ1) is 8.81. The Morgan fingerprint density at radius 2 is 1.78 bits per heavy atom. The van der Waals surface area contributed by atoms with Gasteiger partial charge >= 0.3 is 0 Å². The zero-order valence-electron chi connectivity index (χ0n) is 10.8. The van der Waals surface area contributed by atoms with Crippen LogP contribution in [0.5, 0.6) is 0 Å². The minimum absolute atomic E-state index is 0.789. The SMILES string of the molecule is CCCc1ccc(Nc2cc(NC)ncn2)cc1. The average molecular weight is 242 g/mol. The van der Waals surface area contributed by atoms with E-state index in [0.29, 0.717) is 0 Å². The maximum atomic E-state index is 4.18. The number of hydrogen-bond donors (Lipinski definition) is 2. The largest absolute Gasteiger partial charge is 0.373 e. The lowest BCUT2D eigenvalue weighted by molar-refractivity contribution is 0.922. The molecule has 0 unspecified atom stereocenters. The van der Waals surface area contributed by atoms with Crippen molar-refractivity contribution in [1.82, 2.24) is 9.97 Å². The van der Waals surface area contributed by atoms with Crippen molar-refractivity contribution >= 4 is 17.3 Å². The van der Waals surface area contributed by atoms with Crippen molar-refractivity contribution < 1.29 is 0 Å². The quantitative estimate of drug-likeness (QED) is 0.845. The van der Waals surface area contributed by atoms with Gasteiger partial charge in [0.1, 0.15) is 18.0 Å². The summed E-state index contributed by atoms with van der Waals surface area (Å²) in [5.74, 6) is 1.59. The fraction of sp³-hybridized carbons (Fsp3) is 0.286. The van der Waals surface area contributed by atoms with Crippen LogP contribution in [0, 0.1) is 0 Å². The van der Waals surface area contributed by atoms with Crippen LogP contribution in [0.15, 0.2) is 36.7 Å². The first kappa shape index (κ1) is 12.4. The van der Waals surface area contributed by atoms with E-state index in [1.807, 2.05) is 13.1 Å². The minimum atomic E-state index is 0.789. The molecule has 0 saturated carbocycles. The van der Waals surface area contributed by atoms with Crippen LogP contribution in [0.25, 0.3) is 0 Å². The van der Waals surface area contributed by atoms with Crippen molar-refractivity contribution in [3.63, 3.8) is 0 Å². The highest BCUT2D eigenvalue weighted by molar-refractivity contribution is 5.58. The predicted octanol–water partition coefficient (Wildman–Crippen LogP) is 3.21. The Morgan fingerprint density at radius 3 is 2.44 bits per heavy atom. The summed E-state index contributed by atoms with van der Waals surface area (Å²) in [7, 11) is 1.84. The summed E-state index contributed by atoms with van der Waals surface area (Å²) in [6.07, 6.45) is 3.83. The van der Waals surface area contributed by atoms with E-state index in [1.165, 1.54) is 12.0 Å². The first-order valence-electron chi connectivity index (χ1n) is 6.17. The Balaban J connectivity index is 2.08. The topological polar surface area (TPSA) is 49.8 Å². The molecule has 0 atom stereocenters. The van der Waals surface area contributed by atoms with Gasteiger partial charge in [-0.3, -0.25) is 0 Å². The van der Waals surface area contributed by atoms with Gasteiger partial charge < -0.3 is 10.6 Å².